The Morgan fingerprint density at radius 1 is 0.839 bits per heavy atom. The summed E-state index contributed by atoms with van der Waals surface area (Å²) in [6.45, 7) is 1.12. The predicted molar refractivity (Wildman–Crippen MR) is 122 cm³/mol. The summed E-state index contributed by atoms with van der Waals surface area (Å²) in [5, 5.41) is 0.609. The van der Waals surface area contributed by atoms with Gasteiger partial charge in [0, 0.05) is 31.5 Å². The average Bonchev–Trinajstić information content (AvgIpc) is 3.27. The Morgan fingerprint density at radius 2 is 1.42 bits per heavy atom. The number of amides is 1. The van der Waals surface area contributed by atoms with Crippen molar-refractivity contribution in [1.29, 1.82) is 0 Å². The highest BCUT2D eigenvalue weighted by Crippen LogP contribution is 2.28. The Balaban J connectivity index is 1.44. The number of hydrogen-bond donors (Lipinski definition) is 0. The van der Waals surface area contributed by atoms with Crippen LogP contribution in [0.5, 0.6) is 0 Å². The van der Waals surface area contributed by atoms with E-state index in [9.17, 15) is 4.79 Å². The molecule has 0 unspecified atom stereocenters. The van der Waals surface area contributed by atoms with Gasteiger partial charge in [0.2, 0.25) is 5.91 Å². The second kappa shape index (κ2) is 10.1. The third-order valence-electron chi connectivity index (χ3n) is 5.03. The zero-order chi connectivity index (χ0) is 21.5. The van der Waals surface area contributed by atoms with E-state index in [2.05, 4.69) is 4.98 Å². The van der Waals surface area contributed by atoms with Crippen molar-refractivity contribution in [1.82, 2.24) is 9.88 Å². The number of hydrogen-bond acceptors (Lipinski definition) is 3. The minimum Gasteiger partial charge on any atom is -0.441 e. The Bertz CT molecular complexity index is 1080. The smallest absolute Gasteiger partial charge is 0.223 e. The van der Waals surface area contributed by atoms with Crippen LogP contribution in [0.25, 0.3) is 11.3 Å². The maximum atomic E-state index is 13.1. The molecule has 0 atom stereocenters. The van der Waals surface area contributed by atoms with Crippen LogP contribution in [-0.2, 0) is 24.3 Å². The highest BCUT2D eigenvalue weighted by atomic mass is 35.5. The molecule has 0 aliphatic rings. The molecular formula is C26H23ClN2O2. The van der Waals surface area contributed by atoms with E-state index in [1.54, 1.807) is 6.20 Å². The number of oxazole rings is 1. The molecule has 0 spiro atoms. The van der Waals surface area contributed by atoms with Gasteiger partial charge in [-0.15, -0.1) is 0 Å². The van der Waals surface area contributed by atoms with Gasteiger partial charge >= 0.3 is 0 Å². The van der Waals surface area contributed by atoms with E-state index in [1.165, 1.54) is 0 Å². The molecule has 4 rings (SSSR count). The first-order valence-electron chi connectivity index (χ1n) is 10.2. The monoisotopic (exact) mass is 430 g/mol. The van der Waals surface area contributed by atoms with Crippen LogP contribution in [0, 0.1) is 0 Å². The van der Waals surface area contributed by atoms with Gasteiger partial charge in [-0.25, -0.2) is 4.98 Å². The summed E-state index contributed by atoms with van der Waals surface area (Å²) in [6.07, 6.45) is 2.41. The third kappa shape index (κ3) is 5.62. The summed E-state index contributed by atoms with van der Waals surface area (Å²) < 4.78 is 5.85. The summed E-state index contributed by atoms with van der Waals surface area (Å²) in [6, 6.07) is 27.5. The molecule has 4 aromatic rings. The van der Waals surface area contributed by atoms with E-state index in [-0.39, 0.29) is 5.91 Å². The lowest BCUT2D eigenvalue weighted by Gasteiger charge is -2.23. The quantitative estimate of drug-likeness (QED) is 0.336. The summed E-state index contributed by atoms with van der Waals surface area (Å²) in [4.78, 5) is 19.3. The van der Waals surface area contributed by atoms with E-state index >= 15 is 0 Å². The van der Waals surface area contributed by atoms with Gasteiger partial charge in [-0.1, -0.05) is 84.4 Å². The van der Waals surface area contributed by atoms with Crippen molar-refractivity contribution in [3.63, 3.8) is 0 Å². The number of rotatable bonds is 8. The lowest BCUT2D eigenvalue weighted by molar-refractivity contribution is -0.132. The van der Waals surface area contributed by atoms with Gasteiger partial charge in [-0.2, -0.15) is 0 Å². The van der Waals surface area contributed by atoms with Crippen LogP contribution in [0.2, 0.25) is 5.02 Å². The highest BCUT2D eigenvalue weighted by Gasteiger charge is 2.17. The standard InChI is InChI=1S/C26H23ClN2O2/c27-23-14-8-7-13-22(23)24-17-28-25(31-24)15-16-26(30)29(18-20-9-3-1-4-10-20)19-21-11-5-2-6-12-21/h1-14,17H,15-16,18-19H2. The molecule has 5 heteroatoms. The topological polar surface area (TPSA) is 46.3 Å². The number of halogens is 1. The van der Waals surface area contributed by atoms with Crippen molar-refractivity contribution in [2.75, 3.05) is 0 Å². The Labute approximate surface area is 187 Å². The number of carbonyl (C=O) groups excluding carboxylic acids is 1. The maximum absolute atomic E-state index is 13.1. The summed E-state index contributed by atoms with van der Waals surface area (Å²) in [5.74, 6) is 1.20. The van der Waals surface area contributed by atoms with Crippen molar-refractivity contribution in [2.45, 2.75) is 25.9 Å². The molecule has 0 aliphatic heterocycles. The first-order chi connectivity index (χ1) is 15.2. The van der Waals surface area contributed by atoms with Crippen LogP contribution in [0.15, 0.2) is 95.5 Å². The van der Waals surface area contributed by atoms with Crippen molar-refractivity contribution in [3.8, 4) is 11.3 Å². The molecule has 1 amide bonds. The summed E-state index contributed by atoms with van der Waals surface area (Å²) >= 11 is 6.24. The van der Waals surface area contributed by atoms with E-state index in [0.717, 1.165) is 16.7 Å². The molecule has 1 heterocycles. The van der Waals surface area contributed by atoms with Gasteiger partial charge in [-0.3, -0.25) is 4.79 Å². The van der Waals surface area contributed by atoms with Crippen LogP contribution in [0.3, 0.4) is 0 Å². The van der Waals surface area contributed by atoms with Crippen LogP contribution in [0.4, 0.5) is 0 Å². The van der Waals surface area contributed by atoms with Crippen LogP contribution < -0.4 is 0 Å². The maximum Gasteiger partial charge on any atom is 0.223 e. The van der Waals surface area contributed by atoms with E-state index in [4.69, 9.17) is 16.0 Å². The summed E-state index contributed by atoms with van der Waals surface area (Å²) in [5.41, 5.74) is 3.00. The third-order valence-corrected chi connectivity index (χ3v) is 5.36. The normalized spacial score (nSPS) is 10.7. The lowest BCUT2D eigenvalue weighted by atomic mass is 10.1. The molecule has 0 radical (unpaired) electrons. The fraction of sp³-hybridized carbons (Fsp3) is 0.154. The fourth-order valence-electron chi connectivity index (χ4n) is 3.42. The SMILES string of the molecule is O=C(CCc1ncc(-c2ccccc2Cl)o1)N(Cc1ccccc1)Cc1ccccc1. The van der Waals surface area contributed by atoms with Crippen molar-refractivity contribution >= 4 is 17.5 Å². The second-order valence-electron chi connectivity index (χ2n) is 7.32. The van der Waals surface area contributed by atoms with Gasteiger partial charge in [0.05, 0.1) is 11.2 Å². The predicted octanol–water partition coefficient (Wildman–Crippen LogP) is 6.16. The number of carbonyl (C=O) groups is 1. The Kier molecular flexibility index (Phi) is 6.80. The van der Waals surface area contributed by atoms with Crippen LogP contribution in [-0.4, -0.2) is 15.8 Å². The molecular weight excluding hydrogens is 408 g/mol. The molecule has 4 nitrogen and oxygen atoms in total. The number of aryl methyl sites for hydroxylation is 1. The van der Waals surface area contributed by atoms with E-state index in [1.807, 2.05) is 89.8 Å². The number of benzene rings is 3. The number of aromatic nitrogens is 1. The van der Waals surface area contributed by atoms with Crippen molar-refractivity contribution in [3.05, 3.63) is 113 Å². The van der Waals surface area contributed by atoms with Gasteiger partial charge in [0.15, 0.2) is 11.7 Å². The van der Waals surface area contributed by atoms with Gasteiger partial charge < -0.3 is 9.32 Å². The minimum atomic E-state index is 0.0604. The Hall–Kier alpha value is -3.37. The molecule has 1 aromatic heterocycles. The van der Waals surface area contributed by atoms with E-state index < -0.39 is 0 Å². The zero-order valence-corrected chi connectivity index (χ0v) is 17.8. The van der Waals surface area contributed by atoms with Crippen molar-refractivity contribution in [2.24, 2.45) is 0 Å². The average molecular weight is 431 g/mol. The first kappa shape index (κ1) is 20.9. The lowest BCUT2D eigenvalue weighted by Crippen LogP contribution is -2.30. The molecule has 31 heavy (non-hydrogen) atoms. The molecule has 0 saturated heterocycles. The summed E-state index contributed by atoms with van der Waals surface area (Å²) in [7, 11) is 0. The Morgan fingerprint density at radius 3 is 2.03 bits per heavy atom. The number of nitrogens with zero attached hydrogens (tertiary/aromatic N) is 2. The van der Waals surface area contributed by atoms with Crippen molar-refractivity contribution < 1.29 is 9.21 Å². The van der Waals surface area contributed by atoms with E-state index in [0.29, 0.717) is 42.6 Å². The first-order valence-corrected chi connectivity index (χ1v) is 10.6. The van der Waals surface area contributed by atoms with Gasteiger partial charge in [0.1, 0.15) is 0 Å². The van der Waals surface area contributed by atoms with Crippen LogP contribution in [0.1, 0.15) is 23.4 Å². The molecule has 156 valence electrons. The molecule has 0 N–H and O–H groups in total. The largest absolute Gasteiger partial charge is 0.441 e. The highest BCUT2D eigenvalue weighted by molar-refractivity contribution is 6.33. The molecule has 0 fully saturated rings. The minimum absolute atomic E-state index is 0.0604. The van der Waals surface area contributed by atoms with Gasteiger partial charge in [-0.05, 0) is 23.3 Å². The zero-order valence-electron chi connectivity index (χ0n) is 17.1. The van der Waals surface area contributed by atoms with Crippen LogP contribution >= 0.6 is 11.6 Å². The molecule has 0 saturated carbocycles. The molecule has 0 aliphatic carbocycles. The van der Waals surface area contributed by atoms with Gasteiger partial charge in [0.25, 0.3) is 0 Å². The molecule has 3 aromatic carbocycles. The molecule has 0 bridgehead atoms. The second-order valence-corrected chi connectivity index (χ2v) is 7.73. The fourth-order valence-corrected chi connectivity index (χ4v) is 3.65.